The highest BCUT2D eigenvalue weighted by molar-refractivity contribution is 6.37. The minimum atomic E-state index is -1.20. The predicted molar refractivity (Wildman–Crippen MR) is 77.8 cm³/mol. The smallest absolute Gasteiger partial charge is 0.337 e. The Kier molecular flexibility index (Phi) is 4.40. The first-order valence-corrected chi connectivity index (χ1v) is 6.88. The number of nitrogens with zero attached hydrogens (tertiary/aromatic N) is 1. The number of halogens is 2. The molecule has 5 nitrogen and oxygen atoms in total. The van der Waals surface area contributed by atoms with Crippen molar-refractivity contribution in [1.29, 1.82) is 0 Å². The van der Waals surface area contributed by atoms with E-state index < -0.39 is 5.97 Å². The van der Waals surface area contributed by atoms with Gasteiger partial charge in [-0.25, -0.2) is 9.59 Å². The van der Waals surface area contributed by atoms with Crippen molar-refractivity contribution in [2.45, 2.75) is 12.8 Å². The minimum absolute atomic E-state index is 0.0659. The predicted octanol–water partition coefficient (Wildman–Crippen LogP) is 3.57. The number of hydrogen-bond donors (Lipinski definition) is 2. The molecule has 0 unspecified atom stereocenters. The Bertz CT molecular complexity index is 559. The lowest BCUT2D eigenvalue weighted by molar-refractivity contribution is 0.0698. The van der Waals surface area contributed by atoms with Crippen LogP contribution in [0.3, 0.4) is 0 Å². The standard InChI is InChI=1S/C13H14Cl2N2O3/c1-17(6-7-2-3-7)13(20)16-11-9(12(18)19)4-8(14)5-10(11)15/h4-5,7H,2-3,6H2,1H3,(H,16,20)(H,18,19). The summed E-state index contributed by atoms with van der Waals surface area (Å²) in [6.45, 7) is 0.652. The van der Waals surface area contributed by atoms with Crippen molar-refractivity contribution in [2.75, 3.05) is 18.9 Å². The van der Waals surface area contributed by atoms with Crippen LogP contribution in [0.25, 0.3) is 0 Å². The van der Waals surface area contributed by atoms with Crippen LogP contribution in [0, 0.1) is 5.92 Å². The lowest BCUT2D eigenvalue weighted by Gasteiger charge is -2.19. The zero-order chi connectivity index (χ0) is 14.9. The summed E-state index contributed by atoms with van der Waals surface area (Å²) >= 11 is 11.7. The van der Waals surface area contributed by atoms with Crippen LogP contribution < -0.4 is 5.32 Å². The van der Waals surface area contributed by atoms with Gasteiger partial charge in [0.25, 0.3) is 0 Å². The van der Waals surface area contributed by atoms with Crippen molar-refractivity contribution in [3.63, 3.8) is 0 Å². The number of hydrogen-bond acceptors (Lipinski definition) is 2. The number of anilines is 1. The fourth-order valence-electron chi connectivity index (χ4n) is 1.84. The number of carbonyl (C=O) groups is 2. The Balaban J connectivity index is 2.18. The van der Waals surface area contributed by atoms with Crippen LogP contribution in [0.1, 0.15) is 23.2 Å². The van der Waals surface area contributed by atoms with Gasteiger partial charge in [-0.15, -0.1) is 0 Å². The van der Waals surface area contributed by atoms with E-state index in [0.717, 1.165) is 12.8 Å². The fraction of sp³-hybridized carbons (Fsp3) is 0.385. The highest BCUT2D eigenvalue weighted by Gasteiger charge is 2.26. The molecule has 1 aromatic carbocycles. The number of rotatable bonds is 4. The molecule has 0 saturated heterocycles. The first-order chi connectivity index (χ1) is 9.38. The molecule has 1 aromatic rings. The Morgan fingerprint density at radius 3 is 2.60 bits per heavy atom. The van der Waals surface area contributed by atoms with E-state index in [-0.39, 0.29) is 27.3 Å². The van der Waals surface area contributed by atoms with Crippen molar-refractivity contribution in [1.82, 2.24) is 4.90 Å². The van der Waals surface area contributed by atoms with Crippen LogP contribution in [0.2, 0.25) is 10.0 Å². The summed E-state index contributed by atoms with van der Waals surface area (Å²) in [6.07, 6.45) is 2.25. The third kappa shape index (κ3) is 3.55. The molecule has 1 aliphatic rings. The highest BCUT2D eigenvalue weighted by atomic mass is 35.5. The van der Waals surface area contributed by atoms with Crippen LogP contribution in [-0.4, -0.2) is 35.6 Å². The van der Waals surface area contributed by atoms with Gasteiger partial charge in [0, 0.05) is 18.6 Å². The second-order valence-corrected chi connectivity index (χ2v) is 5.71. The average Bonchev–Trinajstić information content (AvgIpc) is 3.15. The van der Waals surface area contributed by atoms with Crippen molar-refractivity contribution in [3.05, 3.63) is 27.7 Å². The molecule has 0 radical (unpaired) electrons. The second-order valence-electron chi connectivity index (χ2n) is 4.87. The number of carboxylic acid groups (broad SMARTS) is 1. The maximum absolute atomic E-state index is 12.0. The van der Waals surface area contributed by atoms with Crippen molar-refractivity contribution in [3.8, 4) is 0 Å². The fourth-order valence-corrected chi connectivity index (χ4v) is 2.38. The molecule has 2 rings (SSSR count). The van der Waals surface area contributed by atoms with Crippen LogP contribution >= 0.6 is 23.2 Å². The molecule has 7 heteroatoms. The van der Waals surface area contributed by atoms with Gasteiger partial charge in [0.1, 0.15) is 0 Å². The summed E-state index contributed by atoms with van der Waals surface area (Å²) in [7, 11) is 1.66. The van der Waals surface area contributed by atoms with E-state index in [2.05, 4.69) is 5.32 Å². The summed E-state index contributed by atoms with van der Waals surface area (Å²) in [5.74, 6) is -0.653. The third-order valence-electron chi connectivity index (χ3n) is 3.09. The molecule has 1 aliphatic carbocycles. The Morgan fingerprint density at radius 2 is 2.05 bits per heavy atom. The average molecular weight is 317 g/mol. The second kappa shape index (κ2) is 5.89. The van der Waals surface area contributed by atoms with Gasteiger partial charge in [-0.3, -0.25) is 0 Å². The number of carbonyl (C=O) groups excluding carboxylic acids is 1. The molecule has 0 heterocycles. The molecule has 0 atom stereocenters. The van der Waals surface area contributed by atoms with Crippen molar-refractivity contribution < 1.29 is 14.7 Å². The first kappa shape index (κ1) is 14.9. The van der Waals surface area contributed by atoms with Gasteiger partial charge in [0.05, 0.1) is 16.3 Å². The maximum Gasteiger partial charge on any atom is 0.337 e. The summed E-state index contributed by atoms with van der Waals surface area (Å²) < 4.78 is 0. The van der Waals surface area contributed by atoms with E-state index in [9.17, 15) is 9.59 Å². The van der Waals surface area contributed by atoms with Gasteiger partial charge >= 0.3 is 12.0 Å². The van der Waals surface area contributed by atoms with E-state index in [4.69, 9.17) is 28.3 Å². The van der Waals surface area contributed by atoms with Gasteiger partial charge in [-0.05, 0) is 30.9 Å². The zero-order valence-corrected chi connectivity index (χ0v) is 12.3. The molecule has 0 aliphatic heterocycles. The van der Waals surface area contributed by atoms with E-state index in [1.807, 2.05) is 0 Å². The molecule has 108 valence electrons. The van der Waals surface area contributed by atoms with E-state index in [0.29, 0.717) is 12.5 Å². The number of urea groups is 1. The largest absolute Gasteiger partial charge is 0.478 e. The summed E-state index contributed by atoms with van der Waals surface area (Å²) in [4.78, 5) is 24.7. The van der Waals surface area contributed by atoms with Crippen molar-refractivity contribution in [2.24, 2.45) is 5.92 Å². The Hall–Kier alpha value is -1.46. The van der Waals surface area contributed by atoms with Gasteiger partial charge in [-0.1, -0.05) is 23.2 Å². The third-order valence-corrected chi connectivity index (χ3v) is 3.61. The Morgan fingerprint density at radius 1 is 1.40 bits per heavy atom. The molecule has 0 spiro atoms. The summed E-state index contributed by atoms with van der Waals surface area (Å²) in [5.41, 5.74) is -0.0631. The monoisotopic (exact) mass is 316 g/mol. The highest BCUT2D eigenvalue weighted by Crippen LogP contribution is 2.32. The SMILES string of the molecule is CN(CC1CC1)C(=O)Nc1c(Cl)cc(Cl)cc1C(=O)O. The molecule has 1 saturated carbocycles. The normalized spacial score (nSPS) is 13.9. The van der Waals surface area contributed by atoms with E-state index in [1.54, 1.807) is 7.05 Å². The Labute approximate surface area is 126 Å². The van der Waals surface area contributed by atoms with Gasteiger partial charge in [-0.2, -0.15) is 0 Å². The number of carboxylic acids is 1. The summed E-state index contributed by atoms with van der Waals surface area (Å²) in [6, 6.07) is 2.27. The lowest BCUT2D eigenvalue weighted by atomic mass is 10.2. The summed E-state index contributed by atoms with van der Waals surface area (Å²) in [5, 5.41) is 12.0. The van der Waals surface area contributed by atoms with Crippen LogP contribution in [0.15, 0.2) is 12.1 Å². The molecule has 0 bridgehead atoms. The minimum Gasteiger partial charge on any atom is -0.478 e. The van der Waals surface area contributed by atoms with E-state index >= 15 is 0 Å². The van der Waals surface area contributed by atoms with Gasteiger partial charge in [0.2, 0.25) is 0 Å². The van der Waals surface area contributed by atoms with Crippen LogP contribution in [0.4, 0.5) is 10.5 Å². The molecular weight excluding hydrogens is 303 g/mol. The van der Waals surface area contributed by atoms with E-state index in [1.165, 1.54) is 17.0 Å². The quantitative estimate of drug-likeness (QED) is 0.892. The maximum atomic E-state index is 12.0. The van der Waals surface area contributed by atoms with Crippen molar-refractivity contribution >= 4 is 40.9 Å². The van der Waals surface area contributed by atoms with Gasteiger partial charge in [0.15, 0.2) is 0 Å². The van der Waals surface area contributed by atoms with Gasteiger partial charge < -0.3 is 15.3 Å². The zero-order valence-electron chi connectivity index (χ0n) is 10.8. The molecule has 0 aromatic heterocycles. The topological polar surface area (TPSA) is 69.6 Å². The van der Waals surface area contributed by atoms with Crippen LogP contribution in [-0.2, 0) is 0 Å². The molecule has 2 N–H and O–H groups in total. The molecular formula is C13H14Cl2N2O3. The molecule has 20 heavy (non-hydrogen) atoms. The first-order valence-electron chi connectivity index (χ1n) is 6.13. The molecule has 1 fully saturated rings. The number of aromatic carboxylic acids is 1. The lowest BCUT2D eigenvalue weighted by Crippen LogP contribution is -2.33. The van der Waals surface area contributed by atoms with Crippen LogP contribution in [0.5, 0.6) is 0 Å². The number of nitrogens with one attached hydrogen (secondary N) is 1. The number of benzene rings is 1. The number of amides is 2. The molecule has 2 amide bonds.